The van der Waals surface area contributed by atoms with Gasteiger partial charge in [-0.05, 0) is 29.8 Å². The molecule has 21 heavy (non-hydrogen) atoms. The molecular weight excluding hydrogens is 330 g/mol. The van der Waals surface area contributed by atoms with Gasteiger partial charge in [0.2, 0.25) is 5.91 Å². The number of nitrogens with two attached hydrogens (primary N) is 1. The molecule has 0 bridgehead atoms. The summed E-state index contributed by atoms with van der Waals surface area (Å²) in [5.74, 6) is -0.00994. The molecule has 108 valence electrons. The highest BCUT2D eigenvalue weighted by Gasteiger charge is 2.27. The predicted octanol–water partition coefficient (Wildman–Crippen LogP) is 2.91. The number of rotatable bonds is 3. The minimum atomic E-state index is -0.0229. The first-order valence-corrected chi connectivity index (χ1v) is 7.59. The van der Waals surface area contributed by atoms with Crippen molar-refractivity contribution in [2.75, 3.05) is 23.3 Å². The number of hydrogen-bond acceptors (Lipinski definition) is 3. The van der Waals surface area contributed by atoms with E-state index in [1.165, 1.54) is 0 Å². The number of carbonyl (C=O) groups is 1. The smallest absolute Gasteiger partial charge is 0.243 e. The fraction of sp³-hybridized carbons (Fsp3) is 0.188. The maximum absolute atomic E-state index is 11.9. The van der Waals surface area contributed by atoms with Crippen molar-refractivity contribution in [3.05, 3.63) is 58.6 Å². The summed E-state index contributed by atoms with van der Waals surface area (Å²) in [4.78, 5) is 14.0. The lowest BCUT2D eigenvalue weighted by Crippen LogP contribution is -2.43. The van der Waals surface area contributed by atoms with E-state index in [0.29, 0.717) is 13.1 Å². The van der Waals surface area contributed by atoms with Crippen molar-refractivity contribution in [1.29, 1.82) is 0 Å². The molecule has 1 atom stereocenters. The molecule has 1 aliphatic heterocycles. The molecule has 2 aromatic carbocycles. The Bertz CT molecular complexity index is 657. The van der Waals surface area contributed by atoms with Gasteiger partial charge in [0.15, 0.2) is 0 Å². The van der Waals surface area contributed by atoms with Crippen molar-refractivity contribution >= 4 is 33.2 Å². The third-order valence-electron chi connectivity index (χ3n) is 3.66. The molecule has 0 saturated heterocycles. The van der Waals surface area contributed by atoms with Crippen molar-refractivity contribution in [1.82, 2.24) is 0 Å². The number of anilines is 2. The fourth-order valence-corrected chi connectivity index (χ4v) is 2.93. The first-order valence-electron chi connectivity index (χ1n) is 6.80. The summed E-state index contributed by atoms with van der Waals surface area (Å²) in [6, 6.07) is 15.9. The lowest BCUT2D eigenvalue weighted by molar-refractivity contribution is -0.115. The Morgan fingerprint density at radius 3 is 2.62 bits per heavy atom. The summed E-state index contributed by atoms with van der Waals surface area (Å²) < 4.78 is 1.03. The molecule has 3 N–H and O–H groups in total. The zero-order valence-electron chi connectivity index (χ0n) is 11.4. The number of carbonyl (C=O) groups excluding carboxylic acids is 1. The third kappa shape index (κ3) is 2.80. The van der Waals surface area contributed by atoms with Crippen LogP contribution in [0, 0.1) is 0 Å². The van der Waals surface area contributed by atoms with Gasteiger partial charge in [-0.25, -0.2) is 0 Å². The van der Waals surface area contributed by atoms with E-state index < -0.39 is 0 Å². The van der Waals surface area contributed by atoms with E-state index in [1.807, 2.05) is 48.5 Å². The van der Waals surface area contributed by atoms with Gasteiger partial charge in [-0.3, -0.25) is 4.79 Å². The third-order valence-corrected chi connectivity index (χ3v) is 4.18. The lowest BCUT2D eigenvalue weighted by atomic mass is 10.0. The Hall–Kier alpha value is -1.85. The first-order chi connectivity index (χ1) is 10.2. The zero-order valence-corrected chi connectivity index (χ0v) is 13.0. The summed E-state index contributed by atoms with van der Waals surface area (Å²) in [5.41, 5.74) is 8.94. The lowest BCUT2D eigenvalue weighted by Gasteiger charge is -2.37. The van der Waals surface area contributed by atoms with Crippen molar-refractivity contribution < 1.29 is 4.79 Å². The van der Waals surface area contributed by atoms with Crippen LogP contribution in [0.15, 0.2) is 53.0 Å². The van der Waals surface area contributed by atoms with Gasteiger partial charge < -0.3 is 16.0 Å². The van der Waals surface area contributed by atoms with Crippen LogP contribution in [0.4, 0.5) is 11.4 Å². The standard InChI is InChI=1S/C16H16BrN3O/c17-12-7-5-11(6-8-12)15(9-18)20-10-16(21)19-13-3-1-2-4-14(13)20/h1-8,15H,9-10,18H2,(H,19,21). The molecule has 2 aromatic rings. The number of para-hydroxylation sites is 2. The summed E-state index contributed by atoms with van der Waals surface area (Å²) in [6.07, 6.45) is 0. The molecule has 0 spiro atoms. The molecule has 1 heterocycles. The molecule has 0 aromatic heterocycles. The van der Waals surface area contributed by atoms with Crippen LogP contribution in [-0.2, 0) is 4.79 Å². The second-order valence-electron chi connectivity index (χ2n) is 5.00. The van der Waals surface area contributed by atoms with Crippen molar-refractivity contribution in [3.8, 4) is 0 Å². The normalized spacial score (nSPS) is 15.3. The van der Waals surface area contributed by atoms with Crippen LogP contribution in [0.1, 0.15) is 11.6 Å². The Labute approximate surface area is 132 Å². The Morgan fingerprint density at radius 1 is 1.19 bits per heavy atom. The minimum Gasteiger partial charge on any atom is -0.352 e. The van der Waals surface area contributed by atoms with E-state index >= 15 is 0 Å². The van der Waals surface area contributed by atoms with Crippen molar-refractivity contribution in [2.45, 2.75) is 6.04 Å². The van der Waals surface area contributed by atoms with Crippen LogP contribution in [0.3, 0.4) is 0 Å². The molecule has 0 fully saturated rings. The number of halogens is 1. The summed E-state index contributed by atoms with van der Waals surface area (Å²) >= 11 is 3.44. The fourth-order valence-electron chi connectivity index (χ4n) is 2.67. The number of fused-ring (bicyclic) bond motifs is 1. The van der Waals surface area contributed by atoms with Gasteiger partial charge in [-0.15, -0.1) is 0 Å². The number of nitrogens with zero attached hydrogens (tertiary/aromatic N) is 1. The minimum absolute atomic E-state index is 0.00994. The second kappa shape index (κ2) is 5.87. The summed E-state index contributed by atoms with van der Waals surface area (Å²) in [7, 11) is 0. The first kappa shape index (κ1) is 14.1. The van der Waals surface area contributed by atoms with E-state index in [9.17, 15) is 4.79 Å². The number of amides is 1. The number of hydrogen-bond donors (Lipinski definition) is 2. The highest BCUT2D eigenvalue weighted by Crippen LogP contribution is 2.35. The predicted molar refractivity (Wildman–Crippen MR) is 88.4 cm³/mol. The topological polar surface area (TPSA) is 58.4 Å². The summed E-state index contributed by atoms with van der Waals surface area (Å²) in [6.45, 7) is 0.762. The molecule has 5 heteroatoms. The van der Waals surface area contributed by atoms with Crippen LogP contribution in [0.25, 0.3) is 0 Å². The molecule has 1 amide bonds. The molecule has 1 aliphatic rings. The van der Waals surface area contributed by atoms with Gasteiger partial charge in [0.25, 0.3) is 0 Å². The highest BCUT2D eigenvalue weighted by atomic mass is 79.9. The van der Waals surface area contributed by atoms with E-state index in [0.717, 1.165) is 21.4 Å². The molecule has 0 aliphatic carbocycles. The average molecular weight is 346 g/mol. The molecule has 3 rings (SSSR count). The summed E-state index contributed by atoms with van der Waals surface area (Å²) in [5, 5.41) is 2.90. The van der Waals surface area contributed by atoms with Crippen LogP contribution >= 0.6 is 15.9 Å². The number of benzene rings is 2. The van der Waals surface area contributed by atoms with E-state index in [4.69, 9.17) is 5.73 Å². The molecule has 0 saturated carbocycles. The second-order valence-corrected chi connectivity index (χ2v) is 5.91. The Kier molecular flexibility index (Phi) is 3.94. The average Bonchev–Trinajstić information content (AvgIpc) is 2.49. The molecular formula is C16H16BrN3O. The van der Waals surface area contributed by atoms with Crippen LogP contribution < -0.4 is 16.0 Å². The van der Waals surface area contributed by atoms with Crippen LogP contribution in [-0.4, -0.2) is 19.0 Å². The Morgan fingerprint density at radius 2 is 1.90 bits per heavy atom. The van der Waals surface area contributed by atoms with Crippen LogP contribution in [0.2, 0.25) is 0 Å². The van der Waals surface area contributed by atoms with Gasteiger partial charge >= 0.3 is 0 Å². The van der Waals surface area contributed by atoms with Crippen molar-refractivity contribution in [2.24, 2.45) is 5.73 Å². The largest absolute Gasteiger partial charge is 0.352 e. The Balaban J connectivity index is 2.01. The quantitative estimate of drug-likeness (QED) is 0.899. The van der Waals surface area contributed by atoms with Crippen LogP contribution in [0.5, 0.6) is 0 Å². The van der Waals surface area contributed by atoms with Gasteiger partial charge in [0.1, 0.15) is 0 Å². The highest BCUT2D eigenvalue weighted by molar-refractivity contribution is 9.10. The van der Waals surface area contributed by atoms with E-state index in [-0.39, 0.29) is 11.9 Å². The van der Waals surface area contributed by atoms with Gasteiger partial charge in [-0.2, -0.15) is 0 Å². The molecule has 0 radical (unpaired) electrons. The van der Waals surface area contributed by atoms with E-state index in [2.05, 4.69) is 26.1 Å². The number of nitrogens with one attached hydrogen (secondary N) is 1. The zero-order chi connectivity index (χ0) is 14.8. The van der Waals surface area contributed by atoms with Crippen molar-refractivity contribution in [3.63, 3.8) is 0 Å². The maximum atomic E-state index is 11.9. The van der Waals surface area contributed by atoms with E-state index in [1.54, 1.807) is 0 Å². The van der Waals surface area contributed by atoms with Gasteiger partial charge in [0, 0.05) is 11.0 Å². The SMILES string of the molecule is NCC(c1ccc(Br)cc1)N1CC(=O)Nc2ccccc21. The van der Waals surface area contributed by atoms with Gasteiger partial charge in [0.05, 0.1) is 24.0 Å². The van der Waals surface area contributed by atoms with Gasteiger partial charge in [-0.1, -0.05) is 40.2 Å². The molecule has 1 unspecified atom stereocenters. The molecule has 4 nitrogen and oxygen atoms in total. The monoisotopic (exact) mass is 345 g/mol. The maximum Gasteiger partial charge on any atom is 0.243 e.